The van der Waals surface area contributed by atoms with Gasteiger partial charge in [0, 0.05) is 18.7 Å². The van der Waals surface area contributed by atoms with Crippen LogP contribution < -0.4 is 11.5 Å². The van der Waals surface area contributed by atoms with Crippen molar-refractivity contribution in [1.82, 2.24) is 4.31 Å². The molecule has 20 heavy (non-hydrogen) atoms. The Hall–Kier alpha value is -1.44. The number of nitrogens with zero attached hydrogens (tertiary/aromatic N) is 1. The molecule has 0 bridgehead atoms. The lowest BCUT2D eigenvalue weighted by Crippen LogP contribution is -2.34. The molecule has 1 aromatic rings. The first kappa shape index (κ1) is 15.0. The van der Waals surface area contributed by atoms with Gasteiger partial charge in [-0.2, -0.15) is 4.31 Å². The summed E-state index contributed by atoms with van der Waals surface area (Å²) in [5.74, 6) is -0.643. The van der Waals surface area contributed by atoms with Crippen molar-refractivity contribution in [3.05, 3.63) is 29.8 Å². The van der Waals surface area contributed by atoms with Gasteiger partial charge in [-0.25, -0.2) is 8.42 Å². The SMILES string of the molecule is CC1(CN)CCN(S(=O)(=O)c2cccc(C(N)=O)c2)C1. The monoisotopic (exact) mass is 297 g/mol. The zero-order valence-electron chi connectivity index (χ0n) is 11.4. The summed E-state index contributed by atoms with van der Waals surface area (Å²) in [6.45, 7) is 3.26. The molecule has 1 amide bonds. The topological polar surface area (TPSA) is 106 Å². The van der Waals surface area contributed by atoms with E-state index in [2.05, 4.69) is 0 Å². The maximum Gasteiger partial charge on any atom is 0.248 e. The van der Waals surface area contributed by atoms with Crippen molar-refractivity contribution in [3.63, 3.8) is 0 Å². The van der Waals surface area contributed by atoms with Crippen LogP contribution in [0.25, 0.3) is 0 Å². The minimum atomic E-state index is -3.61. The minimum Gasteiger partial charge on any atom is -0.366 e. The standard InChI is InChI=1S/C13H19N3O3S/c1-13(8-14)5-6-16(9-13)20(18,19)11-4-2-3-10(7-11)12(15)17/h2-4,7H,5-6,8-9,14H2,1H3,(H2,15,17). The predicted molar refractivity (Wildman–Crippen MR) is 75.5 cm³/mol. The fourth-order valence-corrected chi connectivity index (χ4v) is 3.95. The molecule has 1 atom stereocenters. The Balaban J connectivity index is 2.32. The van der Waals surface area contributed by atoms with Crippen LogP contribution in [0.3, 0.4) is 0 Å². The molecule has 1 saturated heterocycles. The molecule has 0 aromatic heterocycles. The summed E-state index contributed by atoms with van der Waals surface area (Å²) in [5, 5.41) is 0. The van der Waals surface area contributed by atoms with Crippen molar-refractivity contribution >= 4 is 15.9 Å². The normalized spacial score (nSPS) is 23.9. The fourth-order valence-electron chi connectivity index (χ4n) is 2.31. The van der Waals surface area contributed by atoms with Crippen molar-refractivity contribution in [1.29, 1.82) is 0 Å². The molecular formula is C13H19N3O3S. The third-order valence-corrected chi connectivity index (χ3v) is 5.61. The summed E-state index contributed by atoms with van der Waals surface area (Å²) in [4.78, 5) is 11.2. The first-order valence-electron chi connectivity index (χ1n) is 6.39. The number of sulfonamides is 1. The van der Waals surface area contributed by atoms with E-state index in [1.54, 1.807) is 0 Å². The van der Waals surface area contributed by atoms with Gasteiger partial charge in [0.1, 0.15) is 0 Å². The number of benzene rings is 1. The summed E-state index contributed by atoms with van der Waals surface area (Å²) in [6, 6.07) is 5.80. The number of carbonyl (C=O) groups is 1. The van der Waals surface area contributed by atoms with Gasteiger partial charge in [0.25, 0.3) is 0 Å². The van der Waals surface area contributed by atoms with E-state index in [1.165, 1.54) is 28.6 Å². The lowest BCUT2D eigenvalue weighted by molar-refractivity contribution is 0.1000. The maximum atomic E-state index is 12.5. The Labute approximate surface area is 118 Å². The van der Waals surface area contributed by atoms with Crippen LogP contribution in [0.4, 0.5) is 0 Å². The van der Waals surface area contributed by atoms with Crippen molar-refractivity contribution in [3.8, 4) is 0 Å². The number of carbonyl (C=O) groups excluding carboxylic acids is 1. The van der Waals surface area contributed by atoms with E-state index >= 15 is 0 Å². The smallest absolute Gasteiger partial charge is 0.248 e. The average Bonchev–Trinajstić information content (AvgIpc) is 2.83. The third-order valence-electron chi connectivity index (χ3n) is 3.77. The summed E-state index contributed by atoms with van der Waals surface area (Å²) in [5.41, 5.74) is 10.9. The van der Waals surface area contributed by atoms with Crippen LogP contribution in [-0.2, 0) is 10.0 Å². The molecule has 4 N–H and O–H groups in total. The molecule has 0 saturated carbocycles. The third kappa shape index (κ3) is 2.70. The molecule has 1 fully saturated rings. The van der Waals surface area contributed by atoms with Crippen LogP contribution in [0.1, 0.15) is 23.7 Å². The fraction of sp³-hybridized carbons (Fsp3) is 0.462. The molecule has 7 heteroatoms. The quantitative estimate of drug-likeness (QED) is 0.824. The second-order valence-electron chi connectivity index (χ2n) is 5.50. The number of rotatable bonds is 4. The van der Waals surface area contributed by atoms with Crippen molar-refractivity contribution in [2.75, 3.05) is 19.6 Å². The molecule has 0 aliphatic carbocycles. The molecular weight excluding hydrogens is 278 g/mol. The number of hydrogen-bond donors (Lipinski definition) is 2. The van der Waals surface area contributed by atoms with Gasteiger partial charge in [-0.05, 0) is 36.6 Å². The highest BCUT2D eigenvalue weighted by Gasteiger charge is 2.39. The van der Waals surface area contributed by atoms with Gasteiger partial charge in [-0.3, -0.25) is 4.79 Å². The summed E-state index contributed by atoms with van der Waals surface area (Å²) < 4.78 is 26.5. The van der Waals surface area contributed by atoms with Crippen LogP contribution in [0.15, 0.2) is 29.2 Å². The lowest BCUT2D eigenvalue weighted by atomic mass is 9.90. The highest BCUT2D eigenvalue weighted by molar-refractivity contribution is 7.89. The van der Waals surface area contributed by atoms with Crippen LogP contribution >= 0.6 is 0 Å². The Bertz CT molecular complexity index is 630. The number of amides is 1. The first-order valence-corrected chi connectivity index (χ1v) is 7.83. The number of hydrogen-bond acceptors (Lipinski definition) is 4. The molecule has 6 nitrogen and oxygen atoms in total. The largest absolute Gasteiger partial charge is 0.366 e. The second-order valence-corrected chi connectivity index (χ2v) is 7.43. The van der Waals surface area contributed by atoms with E-state index in [-0.39, 0.29) is 15.9 Å². The molecule has 1 unspecified atom stereocenters. The van der Waals surface area contributed by atoms with E-state index in [0.717, 1.165) is 6.42 Å². The first-order chi connectivity index (χ1) is 9.28. The molecule has 110 valence electrons. The summed E-state index contributed by atoms with van der Waals surface area (Å²) >= 11 is 0. The summed E-state index contributed by atoms with van der Waals surface area (Å²) in [7, 11) is -3.61. The van der Waals surface area contributed by atoms with E-state index in [0.29, 0.717) is 19.6 Å². The number of nitrogens with two attached hydrogens (primary N) is 2. The van der Waals surface area contributed by atoms with Gasteiger partial charge in [0.05, 0.1) is 4.90 Å². The van der Waals surface area contributed by atoms with Gasteiger partial charge in [0.15, 0.2) is 0 Å². The van der Waals surface area contributed by atoms with Crippen LogP contribution in [0.2, 0.25) is 0 Å². The van der Waals surface area contributed by atoms with E-state index in [9.17, 15) is 13.2 Å². The minimum absolute atomic E-state index is 0.0927. The Kier molecular flexibility index (Phi) is 3.86. The van der Waals surface area contributed by atoms with E-state index in [4.69, 9.17) is 11.5 Å². The van der Waals surface area contributed by atoms with Crippen LogP contribution in [0, 0.1) is 5.41 Å². The molecule has 1 aromatic carbocycles. The van der Waals surface area contributed by atoms with Crippen molar-refractivity contribution in [2.24, 2.45) is 16.9 Å². The molecule has 1 heterocycles. The lowest BCUT2D eigenvalue weighted by Gasteiger charge is -2.22. The maximum absolute atomic E-state index is 12.5. The Morgan fingerprint density at radius 1 is 1.45 bits per heavy atom. The molecule has 1 aliphatic heterocycles. The van der Waals surface area contributed by atoms with E-state index < -0.39 is 15.9 Å². The second kappa shape index (κ2) is 5.16. The van der Waals surface area contributed by atoms with Gasteiger partial charge in [-0.15, -0.1) is 0 Å². The van der Waals surface area contributed by atoms with Crippen LogP contribution in [-0.4, -0.2) is 38.3 Å². The van der Waals surface area contributed by atoms with Crippen LogP contribution in [0.5, 0.6) is 0 Å². The van der Waals surface area contributed by atoms with E-state index in [1.807, 2.05) is 6.92 Å². The molecule has 2 rings (SSSR count). The molecule has 0 spiro atoms. The average molecular weight is 297 g/mol. The Morgan fingerprint density at radius 2 is 2.15 bits per heavy atom. The van der Waals surface area contributed by atoms with Gasteiger partial charge >= 0.3 is 0 Å². The highest BCUT2D eigenvalue weighted by atomic mass is 32.2. The zero-order chi connectivity index (χ0) is 15.0. The predicted octanol–water partition coefficient (Wildman–Crippen LogP) is 0.145. The summed E-state index contributed by atoms with van der Waals surface area (Å²) in [6.07, 6.45) is 0.734. The number of primary amides is 1. The highest BCUT2D eigenvalue weighted by Crippen LogP contribution is 2.32. The van der Waals surface area contributed by atoms with Gasteiger partial charge < -0.3 is 11.5 Å². The van der Waals surface area contributed by atoms with Crippen molar-refractivity contribution < 1.29 is 13.2 Å². The Morgan fingerprint density at radius 3 is 2.70 bits per heavy atom. The molecule has 0 radical (unpaired) electrons. The van der Waals surface area contributed by atoms with Gasteiger partial charge in [0.2, 0.25) is 15.9 Å². The van der Waals surface area contributed by atoms with Gasteiger partial charge in [-0.1, -0.05) is 13.0 Å². The van der Waals surface area contributed by atoms with Crippen molar-refractivity contribution in [2.45, 2.75) is 18.2 Å². The molecule has 1 aliphatic rings. The zero-order valence-corrected chi connectivity index (χ0v) is 12.2.